The molecule has 0 saturated heterocycles. The molecule has 1 heteroatoms. The molecule has 1 fully saturated rings. The standard InChI is InChI=1S/C14H17N/c1-10-5-6-13-12(9-10)14(11(2)15-13)7-3-4-8-14/h5-6,9,15H,2-4,7-8H2,1H3. The molecule has 78 valence electrons. The molecule has 3 rings (SSSR count). The first-order valence-corrected chi connectivity index (χ1v) is 5.80. The van der Waals surface area contributed by atoms with Crippen LogP contribution in [0.1, 0.15) is 36.8 Å². The van der Waals surface area contributed by atoms with Gasteiger partial charge in [-0.3, -0.25) is 0 Å². The van der Waals surface area contributed by atoms with Crippen LogP contribution in [0, 0.1) is 6.92 Å². The van der Waals surface area contributed by atoms with E-state index in [0.717, 1.165) is 0 Å². The molecule has 1 aromatic carbocycles. The molecular formula is C14H17N. The number of hydrogen-bond donors (Lipinski definition) is 1. The van der Waals surface area contributed by atoms with Crippen LogP contribution < -0.4 is 5.32 Å². The maximum atomic E-state index is 4.22. The van der Waals surface area contributed by atoms with Gasteiger partial charge in [0.2, 0.25) is 0 Å². The predicted octanol–water partition coefficient (Wildman–Crippen LogP) is 3.75. The Morgan fingerprint density at radius 2 is 2.00 bits per heavy atom. The van der Waals surface area contributed by atoms with Crippen LogP contribution in [0.25, 0.3) is 0 Å². The van der Waals surface area contributed by atoms with Gasteiger partial charge in [0.15, 0.2) is 0 Å². The second-order valence-electron chi connectivity index (χ2n) is 4.94. The van der Waals surface area contributed by atoms with Crippen molar-refractivity contribution in [3.05, 3.63) is 41.6 Å². The lowest BCUT2D eigenvalue weighted by Gasteiger charge is -2.24. The second-order valence-corrected chi connectivity index (χ2v) is 4.94. The third kappa shape index (κ3) is 1.09. The molecule has 1 saturated carbocycles. The van der Waals surface area contributed by atoms with E-state index < -0.39 is 0 Å². The molecule has 0 aromatic heterocycles. The third-order valence-corrected chi connectivity index (χ3v) is 4.01. The molecule has 1 nitrogen and oxygen atoms in total. The van der Waals surface area contributed by atoms with E-state index in [0.29, 0.717) is 0 Å². The van der Waals surface area contributed by atoms with E-state index in [4.69, 9.17) is 0 Å². The van der Waals surface area contributed by atoms with E-state index in [1.54, 1.807) is 0 Å². The summed E-state index contributed by atoms with van der Waals surface area (Å²) in [4.78, 5) is 0. The Hall–Kier alpha value is -1.24. The highest BCUT2D eigenvalue weighted by Crippen LogP contribution is 2.52. The Labute approximate surface area is 91.2 Å². The third-order valence-electron chi connectivity index (χ3n) is 4.01. The Kier molecular flexibility index (Phi) is 1.73. The average Bonchev–Trinajstić information content (AvgIpc) is 2.78. The molecule has 0 bridgehead atoms. The number of rotatable bonds is 0. The zero-order chi connectivity index (χ0) is 10.5. The lowest BCUT2D eigenvalue weighted by Crippen LogP contribution is -2.21. The van der Waals surface area contributed by atoms with Gasteiger partial charge in [0.1, 0.15) is 0 Å². The number of nitrogens with one attached hydrogen (secondary N) is 1. The minimum absolute atomic E-state index is 0.265. The maximum Gasteiger partial charge on any atom is 0.0424 e. The number of benzene rings is 1. The van der Waals surface area contributed by atoms with E-state index >= 15 is 0 Å². The second kappa shape index (κ2) is 2.88. The van der Waals surface area contributed by atoms with E-state index in [-0.39, 0.29) is 5.41 Å². The summed E-state index contributed by atoms with van der Waals surface area (Å²) >= 11 is 0. The zero-order valence-electron chi connectivity index (χ0n) is 9.27. The van der Waals surface area contributed by atoms with Gasteiger partial charge in [0.25, 0.3) is 0 Å². The van der Waals surface area contributed by atoms with E-state index in [9.17, 15) is 0 Å². The zero-order valence-corrected chi connectivity index (χ0v) is 9.27. The van der Waals surface area contributed by atoms with Crippen molar-refractivity contribution in [1.29, 1.82) is 0 Å². The van der Waals surface area contributed by atoms with Crippen molar-refractivity contribution < 1.29 is 0 Å². The molecule has 1 aliphatic carbocycles. The Morgan fingerprint density at radius 3 is 2.73 bits per heavy atom. The van der Waals surface area contributed by atoms with Crippen LogP contribution in [-0.4, -0.2) is 0 Å². The van der Waals surface area contributed by atoms with Gasteiger partial charge in [-0.25, -0.2) is 0 Å². The minimum Gasteiger partial charge on any atom is -0.358 e. The van der Waals surface area contributed by atoms with Crippen LogP contribution in [0.4, 0.5) is 5.69 Å². The molecule has 1 N–H and O–H groups in total. The van der Waals surface area contributed by atoms with E-state index in [1.165, 1.54) is 48.2 Å². The summed E-state index contributed by atoms with van der Waals surface area (Å²) in [5.74, 6) is 0. The summed E-state index contributed by atoms with van der Waals surface area (Å²) in [6.45, 7) is 6.39. The van der Waals surface area contributed by atoms with Crippen molar-refractivity contribution in [2.24, 2.45) is 0 Å². The van der Waals surface area contributed by atoms with Gasteiger partial charge in [0, 0.05) is 16.8 Å². The maximum absolute atomic E-state index is 4.22. The molecule has 1 aliphatic heterocycles. The summed E-state index contributed by atoms with van der Waals surface area (Å²) in [5, 5.41) is 3.46. The highest BCUT2D eigenvalue weighted by molar-refractivity contribution is 5.69. The van der Waals surface area contributed by atoms with Crippen molar-refractivity contribution in [2.45, 2.75) is 38.0 Å². The number of allylic oxidation sites excluding steroid dienone is 1. The molecule has 0 radical (unpaired) electrons. The molecule has 1 spiro atoms. The van der Waals surface area contributed by atoms with E-state index in [2.05, 4.69) is 37.0 Å². The Bertz CT molecular complexity index is 425. The fraction of sp³-hybridized carbons (Fsp3) is 0.429. The molecule has 0 unspecified atom stereocenters. The van der Waals surface area contributed by atoms with Gasteiger partial charge in [-0.15, -0.1) is 0 Å². The van der Waals surface area contributed by atoms with Gasteiger partial charge in [-0.2, -0.15) is 0 Å². The van der Waals surface area contributed by atoms with Gasteiger partial charge < -0.3 is 5.32 Å². The van der Waals surface area contributed by atoms with Crippen molar-refractivity contribution in [1.82, 2.24) is 0 Å². The average molecular weight is 199 g/mol. The van der Waals surface area contributed by atoms with Crippen molar-refractivity contribution >= 4 is 5.69 Å². The van der Waals surface area contributed by atoms with E-state index in [1.807, 2.05) is 0 Å². The molecular weight excluding hydrogens is 182 g/mol. The fourth-order valence-corrected chi connectivity index (χ4v) is 3.16. The molecule has 0 amide bonds. The van der Waals surface area contributed by atoms with Crippen molar-refractivity contribution in [2.75, 3.05) is 5.32 Å². The molecule has 1 aromatic rings. The summed E-state index contributed by atoms with van der Waals surface area (Å²) in [5.41, 5.74) is 5.62. The summed E-state index contributed by atoms with van der Waals surface area (Å²) in [6, 6.07) is 6.71. The normalized spacial score (nSPS) is 21.8. The lowest BCUT2D eigenvalue weighted by atomic mass is 9.78. The first-order chi connectivity index (χ1) is 7.22. The fourth-order valence-electron chi connectivity index (χ4n) is 3.16. The topological polar surface area (TPSA) is 12.0 Å². The molecule has 2 aliphatic rings. The molecule has 15 heavy (non-hydrogen) atoms. The molecule has 1 heterocycles. The highest BCUT2D eigenvalue weighted by atomic mass is 15.0. The predicted molar refractivity (Wildman–Crippen MR) is 64.1 cm³/mol. The first kappa shape index (κ1) is 9.02. The van der Waals surface area contributed by atoms with Crippen LogP contribution in [0.2, 0.25) is 0 Å². The van der Waals surface area contributed by atoms with Gasteiger partial charge in [0.05, 0.1) is 0 Å². The number of aryl methyl sites for hydroxylation is 1. The monoisotopic (exact) mass is 199 g/mol. The molecule has 0 atom stereocenters. The lowest BCUT2D eigenvalue weighted by molar-refractivity contribution is 0.546. The summed E-state index contributed by atoms with van der Waals surface area (Å²) in [6.07, 6.45) is 5.23. The minimum atomic E-state index is 0.265. The largest absolute Gasteiger partial charge is 0.358 e. The smallest absolute Gasteiger partial charge is 0.0424 e. The van der Waals surface area contributed by atoms with Crippen LogP contribution >= 0.6 is 0 Å². The highest BCUT2D eigenvalue weighted by Gasteiger charge is 2.43. The van der Waals surface area contributed by atoms with Crippen LogP contribution in [0.3, 0.4) is 0 Å². The Morgan fingerprint density at radius 1 is 1.27 bits per heavy atom. The number of hydrogen-bond acceptors (Lipinski definition) is 1. The van der Waals surface area contributed by atoms with Crippen molar-refractivity contribution in [3.63, 3.8) is 0 Å². The van der Waals surface area contributed by atoms with Gasteiger partial charge in [-0.05, 0) is 31.4 Å². The SMILES string of the molecule is C=C1Nc2ccc(C)cc2C12CCCC2. The number of anilines is 1. The quantitative estimate of drug-likeness (QED) is 0.671. The van der Waals surface area contributed by atoms with Gasteiger partial charge in [-0.1, -0.05) is 37.1 Å². The van der Waals surface area contributed by atoms with Gasteiger partial charge >= 0.3 is 0 Å². The summed E-state index contributed by atoms with van der Waals surface area (Å²) < 4.78 is 0. The van der Waals surface area contributed by atoms with Crippen molar-refractivity contribution in [3.8, 4) is 0 Å². The number of fused-ring (bicyclic) bond motifs is 2. The Balaban J connectivity index is 2.19. The van der Waals surface area contributed by atoms with Crippen LogP contribution in [-0.2, 0) is 5.41 Å². The first-order valence-electron chi connectivity index (χ1n) is 5.80. The van der Waals surface area contributed by atoms with Crippen LogP contribution in [0.15, 0.2) is 30.5 Å². The summed E-state index contributed by atoms with van der Waals surface area (Å²) in [7, 11) is 0. The van der Waals surface area contributed by atoms with Crippen LogP contribution in [0.5, 0.6) is 0 Å².